The molecule has 0 unspecified atom stereocenters. The molecule has 0 fully saturated rings. The first-order valence-corrected chi connectivity index (χ1v) is 6.07. The topological polar surface area (TPSA) is 87.1 Å². The molecular weight excluding hydrogens is 269 g/mol. The zero-order valence-electron chi connectivity index (χ0n) is 8.43. The third-order valence-corrected chi connectivity index (χ3v) is 1.84. The van der Waals surface area contributed by atoms with E-state index in [1.165, 1.54) is 0 Å². The van der Waals surface area contributed by atoms with Gasteiger partial charge < -0.3 is 10.0 Å². The molecule has 0 spiro atoms. The molecule has 0 aromatic rings. The smallest absolute Gasteiger partial charge is 0.395 e. The molecule has 0 aliphatic carbocycles. The first kappa shape index (κ1) is 17.8. The van der Waals surface area contributed by atoms with Crippen molar-refractivity contribution in [3.8, 4) is 0 Å². The summed E-state index contributed by atoms with van der Waals surface area (Å²) in [6, 6.07) is 0. The Morgan fingerprint density at radius 2 is 1.87 bits per heavy atom. The highest BCUT2D eigenvalue weighted by molar-refractivity contribution is 7.80. The Balaban J connectivity index is 0. The van der Waals surface area contributed by atoms with Crippen LogP contribution in [0, 0.1) is 0 Å². The van der Waals surface area contributed by atoms with Gasteiger partial charge in [-0.25, -0.2) is 0 Å². The van der Waals surface area contributed by atoms with Crippen LogP contribution in [-0.2, 0) is 14.6 Å². The minimum Gasteiger partial charge on any atom is -0.395 e. The van der Waals surface area contributed by atoms with Crippen LogP contribution in [-0.4, -0.2) is 61.7 Å². The molecule has 0 aromatic carbocycles. The van der Waals surface area contributed by atoms with Gasteiger partial charge in [0.2, 0.25) is 0 Å². The number of rotatable bonds is 5. The zero-order chi connectivity index (χ0) is 12.5. The summed E-state index contributed by atoms with van der Waals surface area (Å²) < 4.78 is 29.7. The van der Waals surface area contributed by atoms with Crippen molar-refractivity contribution in [2.24, 2.45) is 0 Å². The highest BCUT2D eigenvalue weighted by Crippen LogP contribution is 2.01. The van der Waals surface area contributed by atoms with Gasteiger partial charge in [-0.05, 0) is 7.05 Å². The number of hydrogen-bond donors (Lipinski definition) is 2. The first-order valence-electron chi connectivity index (χ1n) is 3.83. The Hall–Kier alpha value is 0.370. The van der Waals surface area contributed by atoms with Crippen molar-refractivity contribution in [2.45, 2.75) is 4.84 Å². The Bertz CT molecular complexity index is 234. The Morgan fingerprint density at radius 1 is 1.47 bits per heavy atom. The van der Waals surface area contributed by atoms with Gasteiger partial charge >= 0.3 is 10.4 Å². The number of likely N-dealkylation sites (N-methyl/N-ethyl adjacent to an activating group) is 1. The van der Waals surface area contributed by atoms with Gasteiger partial charge in [0.05, 0.1) is 13.7 Å². The molecular formula is C6H15Cl2NO5S. The number of aliphatic hydroxyl groups excluding tert-OH is 1. The average molecular weight is 284 g/mol. The van der Waals surface area contributed by atoms with E-state index in [-0.39, 0.29) is 11.4 Å². The Morgan fingerprint density at radius 3 is 2.07 bits per heavy atom. The standard InChI is InChI=1S/C5H11Cl2NO.CH4O4S/c1-8(2-3-9)4-5(6)7;1-5-6(2,3)4/h5,9H,2-4H2,1H3;1H3,(H,2,3,4). The number of nitrogens with zero attached hydrogens (tertiary/aromatic N) is 1. The third kappa shape index (κ3) is 20.4. The molecule has 0 atom stereocenters. The van der Waals surface area contributed by atoms with E-state index in [1.54, 1.807) is 0 Å². The van der Waals surface area contributed by atoms with Gasteiger partial charge in [0.25, 0.3) is 0 Å². The lowest BCUT2D eigenvalue weighted by Crippen LogP contribution is -2.26. The van der Waals surface area contributed by atoms with Gasteiger partial charge in [-0.3, -0.25) is 8.74 Å². The van der Waals surface area contributed by atoms with Crippen LogP contribution in [0.15, 0.2) is 0 Å². The summed E-state index contributed by atoms with van der Waals surface area (Å²) in [6.07, 6.45) is 0. The average Bonchev–Trinajstić information content (AvgIpc) is 2.03. The van der Waals surface area contributed by atoms with E-state index in [0.717, 1.165) is 7.11 Å². The van der Waals surface area contributed by atoms with E-state index in [2.05, 4.69) is 4.18 Å². The van der Waals surface area contributed by atoms with Crippen molar-refractivity contribution < 1.29 is 22.3 Å². The summed E-state index contributed by atoms with van der Waals surface area (Å²) in [5.74, 6) is 0. The largest absolute Gasteiger partial charge is 0.397 e. The van der Waals surface area contributed by atoms with E-state index >= 15 is 0 Å². The summed E-state index contributed by atoms with van der Waals surface area (Å²) in [7, 11) is -1.44. The molecule has 0 saturated heterocycles. The number of hydrogen-bond acceptors (Lipinski definition) is 5. The second-order valence-corrected chi connectivity index (χ2v) is 4.94. The van der Waals surface area contributed by atoms with Crippen LogP contribution >= 0.6 is 23.2 Å². The van der Waals surface area contributed by atoms with Crippen LogP contribution in [0.3, 0.4) is 0 Å². The van der Waals surface area contributed by atoms with Gasteiger partial charge in [-0.1, -0.05) is 0 Å². The van der Waals surface area contributed by atoms with Gasteiger partial charge in [-0.2, -0.15) is 8.42 Å². The molecule has 0 bridgehead atoms. The highest BCUT2D eigenvalue weighted by Gasteiger charge is 2.02. The van der Waals surface area contributed by atoms with Gasteiger partial charge in [0.1, 0.15) is 4.84 Å². The zero-order valence-corrected chi connectivity index (χ0v) is 10.8. The molecule has 15 heavy (non-hydrogen) atoms. The Labute approximate surface area is 99.7 Å². The maximum atomic E-state index is 9.33. The molecule has 9 heteroatoms. The molecule has 2 N–H and O–H groups in total. The third-order valence-electron chi connectivity index (χ3n) is 1.14. The molecule has 0 amide bonds. The van der Waals surface area contributed by atoms with Crippen molar-refractivity contribution in [3.63, 3.8) is 0 Å². The monoisotopic (exact) mass is 283 g/mol. The summed E-state index contributed by atoms with van der Waals surface area (Å²) in [6.45, 7) is 1.37. The Kier molecular flexibility index (Phi) is 11.3. The number of aliphatic hydroxyl groups is 1. The lowest BCUT2D eigenvalue weighted by atomic mass is 10.5. The van der Waals surface area contributed by atoms with Crippen LogP contribution in [0.4, 0.5) is 0 Å². The number of alkyl halides is 2. The SMILES string of the molecule is CN(CCO)CC(Cl)Cl.COS(=O)(=O)O. The molecule has 94 valence electrons. The highest BCUT2D eigenvalue weighted by atomic mass is 35.5. The van der Waals surface area contributed by atoms with Crippen molar-refractivity contribution in [1.29, 1.82) is 0 Å². The van der Waals surface area contributed by atoms with Crippen molar-refractivity contribution in [2.75, 3.05) is 33.9 Å². The summed E-state index contributed by atoms with van der Waals surface area (Å²) >= 11 is 10.9. The molecule has 0 aliphatic heterocycles. The minimum atomic E-state index is -4.16. The molecule has 0 saturated carbocycles. The van der Waals surface area contributed by atoms with Crippen LogP contribution in [0.2, 0.25) is 0 Å². The quantitative estimate of drug-likeness (QED) is 0.552. The normalized spacial score (nSPS) is 11.5. The van der Waals surface area contributed by atoms with Crippen LogP contribution in [0.5, 0.6) is 0 Å². The summed E-state index contributed by atoms with van der Waals surface area (Å²) in [5.41, 5.74) is 0. The van der Waals surface area contributed by atoms with E-state index in [1.807, 2.05) is 11.9 Å². The second-order valence-electron chi connectivity index (χ2n) is 2.47. The molecule has 0 rings (SSSR count). The first-order chi connectivity index (χ1) is 6.72. The van der Waals surface area contributed by atoms with Gasteiger partial charge in [-0.15, -0.1) is 23.2 Å². The predicted molar refractivity (Wildman–Crippen MR) is 58.6 cm³/mol. The molecule has 0 aliphatic rings. The second kappa shape index (κ2) is 9.59. The molecule has 0 heterocycles. The van der Waals surface area contributed by atoms with Crippen molar-refractivity contribution in [3.05, 3.63) is 0 Å². The molecule has 6 nitrogen and oxygen atoms in total. The maximum Gasteiger partial charge on any atom is 0.397 e. The molecule has 0 aromatic heterocycles. The minimum absolute atomic E-state index is 0.150. The fraction of sp³-hybridized carbons (Fsp3) is 1.00. The fourth-order valence-corrected chi connectivity index (χ4v) is 0.969. The van der Waals surface area contributed by atoms with Crippen LogP contribution in [0.1, 0.15) is 0 Å². The molecule has 0 radical (unpaired) electrons. The predicted octanol–water partition coefficient (Wildman–Crippen LogP) is 0.150. The van der Waals surface area contributed by atoms with E-state index in [4.69, 9.17) is 32.9 Å². The summed E-state index contributed by atoms with van der Waals surface area (Å²) in [4.78, 5) is 1.51. The van der Waals surface area contributed by atoms with Crippen LogP contribution in [0.25, 0.3) is 0 Å². The van der Waals surface area contributed by atoms with Crippen molar-refractivity contribution in [1.82, 2.24) is 4.90 Å². The fourth-order valence-electron chi connectivity index (χ4n) is 0.498. The lowest BCUT2D eigenvalue weighted by Gasteiger charge is -2.14. The number of halogens is 2. The van der Waals surface area contributed by atoms with E-state index in [9.17, 15) is 8.42 Å². The van der Waals surface area contributed by atoms with E-state index < -0.39 is 10.4 Å². The lowest BCUT2D eigenvalue weighted by molar-refractivity contribution is 0.226. The van der Waals surface area contributed by atoms with Gasteiger partial charge in [0, 0.05) is 13.1 Å². The van der Waals surface area contributed by atoms with Crippen molar-refractivity contribution >= 4 is 33.6 Å². The summed E-state index contributed by atoms with van der Waals surface area (Å²) in [5, 5.41) is 8.42. The maximum absolute atomic E-state index is 9.33. The van der Waals surface area contributed by atoms with E-state index in [0.29, 0.717) is 13.1 Å². The van der Waals surface area contributed by atoms with Gasteiger partial charge in [0.15, 0.2) is 0 Å². The van der Waals surface area contributed by atoms with Crippen LogP contribution < -0.4 is 0 Å².